The Labute approximate surface area is 152 Å². The highest BCUT2D eigenvalue weighted by Crippen LogP contribution is 2.24. The Kier molecular flexibility index (Phi) is 6.98. The van der Waals surface area contributed by atoms with Crippen LogP contribution in [-0.4, -0.2) is 34.6 Å². The molecule has 0 atom stereocenters. The van der Waals surface area contributed by atoms with Gasteiger partial charge < -0.3 is 10.1 Å². The van der Waals surface area contributed by atoms with Crippen molar-refractivity contribution in [2.24, 2.45) is 0 Å². The molecule has 25 heavy (non-hydrogen) atoms. The minimum absolute atomic E-state index is 0.00698. The van der Waals surface area contributed by atoms with Crippen molar-refractivity contribution in [2.45, 2.75) is 24.7 Å². The molecule has 2 rings (SSSR count). The maximum absolute atomic E-state index is 12.6. The van der Waals surface area contributed by atoms with E-state index in [1.165, 1.54) is 6.07 Å². The van der Waals surface area contributed by atoms with Crippen LogP contribution in [-0.2, 0) is 14.8 Å². The van der Waals surface area contributed by atoms with Crippen molar-refractivity contribution >= 4 is 33.0 Å². The summed E-state index contributed by atoms with van der Waals surface area (Å²) in [5.74, 6) is -0.378. The molecule has 1 heterocycles. The lowest BCUT2D eigenvalue weighted by molar-refractivity contribution is 0.0952. The number of anilines is 1. The standard InChI is InChI=1S/C17H22N2O4S2/c1-13-5-7-14(8-6-13)19-25(21,22)15-9-12-24-16(15)17(20)18-10-3-4-11-23-2/h5-9,12,19H,3-4,10-11H2,1-2H3,(H,18,20). The van der Waals surface area contributed by atoms with Crippen molar-refractivity contribution in [1.29, 1.82) is 0 Å². The molecule has 2 N–H and O–H groups in total. The summed E-state index contributed by atoms with van der Waals surface area (Å²) < 4.78 is 32.6. The number of amides is 1. The predicted octanol–water partition coefficient (Wildman–Crippen LogP) is 3.01. The molecule has 1 aromatic heterocycles. The number of ether oxygens (including phenoxy) is 1. The largest absolute Gasteiger partial charge is 0.385 e. The Morgan fingerprint density at radius 2 is 1.88 bits per heavy atom. The summed E-state index contributed by atoms with van der Waals surface area (Å²) in [6.45, 7) is 3.03. The highest BCUT2D eigenvalue weighted by molar-refractivity contribution is 7.93. The molecular formula is C17H22N2O4S2. The predicted molar refractivity (Wildman–Crippen MR) is 99.7 cm³/mol. The number of hydrogen-bond acceptors (Lipinski definition) is 5. The third kappa shape index (κ3) is 5.55. The molecule has 0 radical (unpaired) electrons. The maximum Gasteiger partial charge on any atom is 0.263 e. The number of methoxy groups -OCH3 is 1. The fraction of sp³-hybridized carbons (Fsp3) is 0.353. The smallest absolute Gasteiger partial charge is 0.263 e. The summed E-state index contributed by atoms with van der Waals surface area (Å²) in [5.41, 5.74) is 1.50. The molecule has 0 spiro atoms. The van der Waals surface area contributed by atoms with Gasteiger partial charge in [0, 0.05) is 25.9 Å². The summed E-state index contributed by atoms with van der Waals surface area (Å²) in [4.78, 5) is 12.5. The van der Waals surface area contributed by atoms with Crippen molar-refractivity contribution in [3.8, 4) is 0 Å². The lowest BCUT2D eigenvalue weighted by atomic mass is 10.2. The van der Waals surface area contributed by atoms with Crippen LogP contribution >= 0.6 is 11.3 Å². The van der Waals surface area contributed by atoms with Gasteiger partial charge in [-0.3, -0.25) is 9.52 Å². The van der Waals surface area contributed by atoms with Crippen molar-refractivity contribution in [3.63, 3.8) is 0 Å². The second-order valence-electron chi connectivity index (χ2n) is 5.54. The van der Waals surface area contributed by atoms with Gasteiger partial charge in [0.2, 0.25) is 0 Å². The van der Waals surface area contributed by atoms with Crippen molar-refractivity contribution in [2.75, 3.05) is 25.0 Å². The summed E-state index contributed by atoms with van der Waals surface area (Å²) in [6, 6.07) is 8.46. The molecule has 0 fully saturated rings. The van der Waals surface area contributed by atoms with E-state index < -0.39 is 10.0 Å². The lowest BCUT2D eigenvalue weighted by Crippen LogP contribution is -2.26. The highest BCUT2D eigenvalue weighted by atomic mass is 32.2. The van der Waals surface area contributed by atoms with Gasteiger partial charge in [0.05, 0.1) is 0 Å². The molecule has 6 nitrogen and oxygen atoms in total. The molecule has 0 saturated heterocycles. The van der Waals surface area contributed by atoms with Crippen LogP contribution in [0.5, 0.6) is 0 Å². The van der Waals surface area contributed by atoms with E-state index in [1.807, 2.05) is 19.1 Å². The third-order valence-electron chi connectivity index (χ3n) is 3.49. The number of nitrogens with one attached hydrogen (secondary N) is 2. The SMILES string of the molecule is COCCCCNC(=O)c1sccc1S(=O)(=O)Nc1ccc(C)cc1. The van der Waals surface area contributed by atoms with Gasteiger partial charge in [-0.15, -0.1) is 11.3 Å². The van der Waals surface area contributed by atoms with Crippen LogP contribution in [0.3, 0.4) is 0 Å². The fourth-order valence-electron chi connectivity index (χ4n) is 2.16. The van der Waals surface area contributed by atoms with Crippen LogP contribution in [0.25, 0.3) is 0 Å². The Balaban J connectivity index is 2.06. The van der Waals surface area contributed by atoms with E-state index in [1.54, 1.807) is 24.6 Å². The Bertz CT molecular complexity index is 798. The first kappa shape index (κ1) is 19.4. The molecule has 0 aliphatic rings. The third-order valence-corrected chi connectivity index (χ3v) is 5.96. The molecule has 1 aromatic carbocycles. The second-order valence-corrected chi connectivity index (χ2v) is 8.11. The average molecular weight is 383 g/mol. The van der Waals surface area contributed by atoms with Gasteiger partial charge in [0.15, 0.2) is 0 Å². The molecule has 1 amide bonds. The van der Waals surface area contributed by atoms with Gasteiger partial charge in [-0.05, 0) is 43.3 Å². The topological polar surface area (TPSA) is 84.5 Å². The fourth-order valence-corrected chi connectivity index (χ4v) is 4.56. The van der Waals surface area contributed by atoms with E-state index in [9.17, 15) is 13.2 Å². The summed E-state index contributed by atoms with van der Waals surface area (Å²) in [6.07, 6.45) is 1.61. The summed E-state index contributed by atoms with van der Waals surface area (Å²) >= 11 is 1.11. The monoisotopic (exact) mass is 382 g/mol. The van der Waals surface area contributed by atoms with E-state index in [2.05, 4.69) is 10.0 Å². The summed E-state index contributed by atoms with van der Waals surface area (Å²) in [5, 5.41) is 4.35. The molecule has 0 unspecified atom stereocenters. The molecule has 2 aromatic rings. The minimum Gasteiger partial charge on any atom is -0.385 e. The van der Waals surface area contributed by atoms with E-state index in [4.69, 9.17) is 4.74 Å². The van der Waals surface area contributed by atoms with Gasteiger partial charge in [-0.1, -0.05) is 17.7 Å². The maximum atomic E-state index is 12.6. The number of carbonyl (C=O) groups excluding carboxylic acids is 1. The van der Waals surface area contributed by atoms with E-state index in [-0.39, 0.29) is 15.7 Å². The molecule has 136 valence electrons. The first-order valence-electron chi connectivity index (χ1n) is 7.88. The van der Waals surface area contributed by atoms with Gasteiger partial charge >= 0.3 is 0 Å². The zero-order valence-corrected chi connectivity index (χ0v) is 15.9. The number of aryl methyl sites for hydroxylation is 1. The average Bonchev–Trinajstić information content (AvgIpc) is 3.07. The normalized spacial score (nSPS) is 11.3. The van der Waals surface area contributed by atoms with Crippen molar-refractivity contribution < 1.29 is 17.9 Å². The highest BCUT2D eigenvalue weighted by Gasteiger charge is 2.24. The first-order chi connectivity index (χ1) is 11.9. The molecule has 8 heteroatoms. The number of benzene rings is 1. The molecule has 0 aliphatic heterocycles. The molecular weight excluding hydrogens is 360 g/mol. The van der Waals surface area contributed by atoms with Gasteiger partial charge in [0.25, 0.3) is 15.9 Å². The Morgan fingerprint density at radius 1 is 1.16 bits per heavy atom. The number of carbonyl (C=O) groups is 1. The van der Waals surface area contributed by atoms with Crippen LogP contribution in [0.1, 0.15) is 28.1 Å². The van der Waals surface area contributed by atoms with Crippen LogP contribution in [0.2, 0.25) is 0 Å². The van der Waals surface area contributed by atoms with Gasteiger partial charge in [-0.25, -0.2) is 8.42 Å². The quantitative estimate of drug-likeness (QED) is 0.653. The van der Waals surface area contributed by atoms with Crippen LogP contribution < -0.4 is 10.0 Å². The number of thiophene rings is 1. The second kappa shape index (κ2) is 8.98. The van der Waals surface area contributed by atoms with Crippen molar-refractivity contribution in [3.05, 3.63) is 46.2 Å². The van der Waals surface area contributed by atoms with Crippen molar-refractivity contribution in [1.82, 2.24) is 5.32 Å². The number of hydrogen-bond donors (Lipinski definition) is 2. The zero-order valence-electron chi connectivity index (χ0n) is 14.2. The van der Waals surface area contributed by atoms with Gasteiger partial charge in [0.1, 0.15) is 9.77 Å². The molecule has 0 saturated carbocycles. The molecule has 0 aliphatic carbocycles. The van der Waals surface area contributed by atoms with E-state index in [0.717, 1.165) is 29.7 Å². The zero-order chi connectivity index (χ0) is 18.3. The lowest BCUT2D eigenvalue weighted by Gasteiger charge is -2.09. The van der Waals surface area contributed by atoms with Crippen LogP contribution in [0.15, 0.2) is 40.6 Å². The number of unbranched alkanes of at least 4 members (excludes halogenated alkanes) is 1. The first-order valence-corrected chi connectivity index (χ1v) is 10.2. The van der Waals surface area contributed by atoms with E-state index in [0.29, 0.717) is 18.8 Å². The number of rotatable bonds is 9. The van der Waals surface area contributed by atoms with E-state index >= 15 is 0 Å². The number of sulfonamides is 1. The van der Waals surface area contributed by atoms with Crippen LogP contribution in [0, 0.1) is 6.92 Å². The summed E-state index contributed by atoms with van der Waals surface area (Å²) in [7, 11) is -2.19. The Hall–Kier alpha value is -1.90. The van der Waals surface area contributed by atoms with Gasteiger partial charge in [-0.2, -0.15) is 0 Å². The Morgan fingerprint density at radius 3 is 2.56 bits per heavy atom. The minimum atomic E-state index is -3.82. The van der Waals surface area contributed by atoms with Crippen LogP contribution in [0.4, 0.5) is 5.69 Å². The molecule has 0 bridgehead atoms.